The fourth-order valence-corrected chi connectivity index (χ4v) is 1.62. The standard InChI is InChI=1S/C13H20OS/c1-4-11(2)12-5-7-13(8-6-12)14-9-10-15-3/h5-8,11H,4,9-10H2,1-3H3. The summed E-state index contributed by atoms with van der Waals surface area (Å²) in [6.45, 7) is 5.26. The topological polar surface area (TPSA) is 9.23 Å². The van der Waals surface area contributed by atoms with Crippen molar-refractivity contribution in [3.05, 3.63) is 29.8 Å². The highest BCUT2D eigenvalue weighted by Crippen LogP contribution is 2.21. The highest BCUT2D eigenvalue weighted by molar-refractivity contribution is 7.98. The molecule has 0 spiro atoms. The number of benzene rings is 1. The van der Waals surface area contributed by atoms with Crippen LogP contribution in [0.5, 0.6) is 5.75 Å². The number of rotatable bonds is 6. The summed E-state index contributed by atoms with van der Waals surface area (Å²) in [6, 6.07) is 8.48. The average Bonchev–Trinajstić information content (AvgIpc) is 2.29. The van der Waals surface area contributed by atoms with Crippen LogP contribution in [0.3, 0.4) is 0 Å². The first-order chi connectivity index (χ1) is 7.27. The lowest BCUT2D eigenvalue weighted by Crippen LogP contribution is -1.99. The maximum absolute atomic E-state index is 5.59. The van der Waals surface area contributed by atoms with E-state index >= 15 is 0 Å². The lowest BCUT2D eigenvalue weighted by molar-refractivity contribution is 0.344. The van der Waals surface area contributed by atoms with E-state index in [1.165, 1.54) is 12.0 Å². The molecule has 0 heterocycles. The Kier molecular flexibility index (Phi) is 5.62. The zero-order chi connectivity index (χ0) is 11.1. The quantitative estimate of drug-likeness (QED) is 0.677. The second kappa shape index (κ2) is 6.78. The minimum atomic E-state index is 0.644. The molecule has 15 heavy (non-hydrogen) atoms. The van der Waals surface area contributed by atoms with Gasteiger partial charge in [-0.2, -0.15) is 11.8 Å². The van der Waals surface area contributed by atoms with E-state index in [1.807, 2.05) is 11.8 Å². The zero-order valence-corrected chi connectivity index (χ0v) is 10.6. The first-order valence-electron chi connectivity index (χ1n) is 5.49. The fraction of sp³-hybridized carbons (Fsp3) is 0.538. The summed E-state index contributed by atoms with van der Waals surface area (Å²) < 4.78 is 5.59. The normalized spacial score (nSPS) is 12.5. The Morgan fingerprint density at radius 3 is 2.47 bits per heavy atom. The first-order valence-corrected chi connectivity index (χ1v) is 6.89. The third-order valence-electron chi connectivity index (χ3n) is 2.62. The molecule has 0 radical (unpaired) electrons. The van der Waals surface area contributed by atoms with Gasteiger partial charge in [-0.25, -0.2) is 0 Å². The first kappa shape index (κ1) is 12.4. The molecule has 0 saturated heterocycles. The van der Waals surface area contributed by atoms with Crippen molar-refractivity contribution >= 4 is 11.8 Å². The van der Waals surface area contributed by atoms with Gasteiger partial charge in [0.15, 0.2) is 0 Å². The Morgan fingerprint density at radius 1 is 1.27 bits per heavy atom. The maximum atomic E-state index is 5.59. The van der Waals surface area contributed by atoms with Crippen molar-refractivity contribution in [1.29, 1.82) is 0 Å². The van der Waals surface area contributed by atoms with E-state index in [4.69, 9.17) is 4.74 Å². The van der Waals surface area contributed by atoms with Crippen molar-refractivity contribution in [1.82, 2.24) is 0 Å². The summed E-state index contributed by atoms with van der Waals surface area (Å²) >= 11 is 1.81. The Labute approximate surface area is 97.2 Å². The molecular formula is C13H20OS. The molecule has 2 heteroatoms. The van der Waals surface area contributed by atoms with Gasteiger partial charge in [-0.15, -0.1) is 0 Å². The molecule has 0 saturated carbocycles. The molecule has 1 aromatic carbocycles. The Hall–Kier alpha value is -0.630. The second-order valence-corrected chi connectivity index (χ2v) is 4.71. The van der Waals surface area contributed by atoms with Crippen LogP contribution in [0.1, 0.15) is 31.7 Å². The van der Waals surface area contributed by atoms with Gasteiger partial charge >= 0.3 is 0 Å². The van der Waals surface area contributed by atoms with E-state index in [0.29, 0.717) is 5.92 Å². The molecule has 1 aromatic rings. The monoisotopic (exact) mass is 224 g/mol. The van der Waals surface area contributed by atoms with Gasteiger partial charge < -0.3 is 4.74 Å². The second-order valence-electron chi connectivity index (χ2n) is 3.72. The van der Waals surface area contributed by atoms with Crippen LogP contribution in [-0.4, -0.2) is 18.6 Å². The van der Waals surface area contributed by atoms with Crippen LogP contribution in [0.2, 0.25) is 0 Å². The van der Waals surface area contributed by atoms with E-state index < -0.39 is 0 Å². The van der Waals surface area contributed by atoms with Gasteiger partial charge in [0.2, 0.25) is 0 Å². The van der Waals surface area contributed by atoms with Gasteiger partial charge in [-0.1, -0.05) is 26.0 Å². The van der Waals surface area contributed by atoms with Gasteiger partial charge in [-0.3, -0.25) is 0 Å². The highest BCUT2D eigenvalue weighted by Gasteiger charge is 2.02. The summed E-state index contributed by atoms with van der Waals surface area (Å²) in [5, 5.41) is 0. The predicted octanol–water partition coefficient (Wildman–Crippen LogP) is 3.94. The molecule has 0 N–H and O–H groups in total. The summed E-state index contributed by atoms with van der Waals surface area (Å²) in [6.07, 6.45) is 3.28. The molecule has 0 aliphatic heterocycles. The average molecular weight is 224 g/mol. The minimum Gasteiger partial charge on any atom is -0.493 e. The van der Waals surface area contributed by atoms with Crippen LogP contribution in [0, 0.1) is 0 Å². The van der Waals surface area contributed by atoms with Crippen LogP contribution in [0.4, 0.5) is 0 Å². The van der Waals surface area contributed by atoms with Gasteiger partial charge in [0.05, 0.1) is 6.61 Å². The van der Waals surface area contributed by atoms with Gasteiger partial charge in [0.25, 0.3) is 0 Å². The lowest BCUT2D eigenvalue weighted by Gasteiger charge is -2.10. The van der Waals surface area contributed by atoms with Crippen molar-refractivity contribution in [3.8, 4) is 5.75 Å². The molecule has 1 rings (SSSR count). The summed E-state index contributed by atoms with van der Waals surface area (Å²) in [4.78, 5) is 0. The molecule has 0 fully saturated rings. The molecule has 0 aliphatic rings. The predicted molar refractivity (Wildman–Crippen MR) is 69.0 cm³/mol. The molecule has 0 aromatic heterocycles. The van der Waals surface area contributed by atoms with E-state index in [0.717, 1.165) is 18.1 Å². The zero-order valence-electron chi connectivity index (χ0n) is 9.82. The van der Waals surface area contributed by atoms with Gasteiger partial charge in [0.1, 0.15) is 5.75 Å². The number of hydrogen-bond acceptors (Lipinski definition) is 2. The summed E-state index contributed by atoms with van der Waals surface area (Å²) in [5.74, 6) is 2.67. The number of hydrogen-bond donors (Lipinski definition) is 0. The highest BCUT2D eigenvalue weighted by atomic mass is 32.2. The molecule has 84 valence electrons. The smallest absolute Gasteiger partial charge is 0.119 e. The van der Waals surface area contributed by atoms with Gasteiger partial charge in [0, 0.05) is 5.75 Å². The van der Waals surface area contributed by atoms with Crippen LogP contribution in [0.25, 0.3) is 0 Å². The summed E-state index contributed by atoms with van der Waals surface area (Å²) in [5.41, 5.74) is 1.40. The number of ether oxygens (including phenoxy) is 1. The Balaban J connectivity index is 2.49. The molecular weight excluding hydrogens is 204 g/mol. The molecule has 0 amide bonds. The molecule has 0 aliphatic carbocycles. The van der Waals surface area contributed by atoms with E-state index in [-0.39, 0.29) is 0 Å². The lowest BCUT2D eigenvalue weighted by atomic mass is 9.99. The molecule has 1 unspecified atom stereocenters. The molecule has 1 nitrogen and oxygen atoms in total. The van der Waals surface area contributed by atoms with Crippen molar-refractivity contribution in [2.45, 2.75) is 26.2 Å². The van der Waals surface area contributed by atoms with Crippen LogP contribution in [-0.2, 0) is 0 Å². The fourth-order valence-electron chi connectivity index (χ4n) is 1.37. The van der Waals surface area contributed by atoms with Crippen molar-refractivity contribution in [2.24, 2.45) is 0 Å². The van der Waals surface area contributed by atoms with Crippen molar-refractivity contribution < 1.29 is 4.74 Å². The maximum Gasteiger partial charge on any atom is 0.119 e. The largest absolute Gasteiger partial charge is 0.493 e. The SMILES string of the molecule is CCC(C)c1ccc(OCCSC)cc1. The Morgan fingerprint density at radius 2 is 1.93 bits per heavy atom. The van der Waals surface area contributed by atoms with E-state index in [2.05, 4.69) is 44.4 Å². The minimum absolute atomic E-state index is 0.644. The summed E-state index contributed by atoms with van der Waals surface area (Å²) in [7, 11) is 0. The molecule has 1 atom stereocenters. The molecule has 0 bridgehead atoms. The third kappa shape index (κ3) is 4.17. The van der Waals surface area contributed by atoms with Crippen LogP contribution >= 0.6 is 11.8 Å². The van der Waals surface area contributed by atoms with Crippen molar-refractivity contribution in [2.75, 3.05) is 18.6 Å². The van der Waals surface area contributed by atoms with Crippen molar-refractivity contribution in [3.63, 3.8) is 0 Å². The number of thioether (sulfide) groups is 1. The van der Waals surface area contributed by atoms with Gasteiger partial charge in [-0.05, 0) is 36.3 Å². The van der Waals surface area contributed by atoms with Crippen LogP contribution < -0.4 is 4.74 Å². The Bertz CT molecular complexity index is 268. The van der Waals surface area contributed by atoms with Crippen LogP contribution in [0.15, 0.2) is 24.3 Å². The third-order valence-corrected chi connectivity index (χ3v) is 3.19. The van der Waals surface area contributed by atoms with E-state index in [1.54, 1.807) is 0 Å². The van der Waals surface area contributed by atoms with E-state index in [9.17, 15) is 0 Å².